The molecule has 2 rings (SSSR count). The van der Waals surface area contributed by atoms with Crippen molar-refractivity contribution < 1.29 is 9.90 Å². The Balaban J connectivity index is 2.24. The zero-order valence-electron chi connectivity index (χ0n) is 9.55. The van der Waals surface area contributed by atoms with Crippen LogP contribution in [0, 0.1) is 0 Å². The number of rotatable bonds is 5. The molecule has 0 amide bonds. The minimum absolute atomic E-state index is 0.0823. The number of aromatic nitrogens is 3. The number of anilines is 1. The Labute approximate surface area is 98.3 Å². The number of imidazole rings is 1. The van der Waals surface area contributed by atoms with Crippen LogP contribution in [0.15, 0.2) is 18.3 Å². The van der Waals surface area contributed by atoms with E-state index in [-0.39, 0.29) is 6.42 Å². The summed E-state index contributed by atoms with van der Waals surface area (Å²) in [6.07, 6.45) is 2.58. The fourth-order valence-corrected chi connectivity index (χ4v) is 1.52. The van der Waals surface area contributed by atoms with Gasteiger partial charge in [0.25, 0.3) is 0 Å². The summed E-state index contributed by atoms with van der Waals surface area (Å²) in [6.45, 7) is 2.93. The van der Waals surface area contributed by atoms with E-state index in [1.54, 1.807) is 10.7 Å². The summed E-state index contributed by atoms with van der Waals surface area (Å²) in [5.74, 6) is -0.128. The zero-order valence-corrected chi connectivity index (χ0v) is 9.55. The summed E-state index contributed by atoms with van der Waals surface area (Å²) in [5, 5.41) is 16.1. The highest BCUT2D eigenvalue weighted by Crippen LogP contribution is 2.08. The monoisotopic (exact) mass is 234 g/mol. The molecule has 0 aliphatic rings. The van der Waals surface area contributed by atoms with Crippen molar-refractivity contribution in [3.63, 3.8) is 0 Å². The van der Waals surface area contributed by atoms with E-state index >= 15 is 0 Å². The third-order valence-electron chi connectivity index (χ3n) is 2.26. The van der Waals surface area contributed by atoms with E-state index in [0.717, 1.165) is 18.8 Å². The lowest BCUT2D eigenvalue weighted by molar-refractivity contribution is -0.136. The van der Waals surface area contributed by atoms with Crippen LogP contribution in [0.4, 0.5) is 5.82 Å². The van der Waals surface area contributed by atoms with Crippen molar-refractivity contribution in [2.24, 2.45) is 0 Å². The average Bonchev–Trinajstić information content (AvgIpc) is 2.66. The molecular weight excluding hydrogens is 220 g/mol. The number of carbonyl (C=O) groups is 1. The van der Waals surface area contributed by atoms with Crippen LogP contribution in [-0.2, 0) is 11.2 Å². The predicted molar refractivity (Wildman–Crippen MR) is 63.1 cm³/mol. The van der Waals surface area contributed by atoms with Gasteiger partial charge in [-0.2, -0.15) is 0 Å². The minimum Gasteiger partial charge on any atom is -0.481 e. The maximum atomic E-state index is 10.6. The standard InChI is InChI=1S/C11H14N4O2/c1-2-5-12-9-3-4-10-13-8(6-11(16)17)7-15(10)14-9/h3-4,7H,2,5-6H2,1H3,(H,12,14)(H,16,17). The van der Waals surface area contributed by atoms with E-state index in [9.17, 15) is 4.79 Å². The minimum atomic E-state index is -0.891. The molecule has 2 aromatic heterocycles. The molecule has 0 aliphatic heterocycles. The normalized spacial score (nSPS) is 10.6. The molecule has 2 N–H and O–H groups in total. The fraction of sp³-hybridized carbons (Fsp3) is 0.364. The van der Waals surface area contributed by atoms with Crippen LogP contribution in [0.2, 0.25) is 0 Å². The second-order valence-electron chi connectivity index (χ2n) is 3.75. The van der Waals surface area contributed by atoms with Gasteiger partial charge in [-0.15, -0.1) is 5.10 Å². The molecule has 17 heavy (non-hydrogen) atoms. The van der Waals surface area contributed by atoms with Gasteiger partial charge < -0.3 is 10.4 Å². The number of aliphatic carboxylic acids is 1. The molecule has 0 atom stereocenters. The van der Waals surface area contributed by atoms with Crippen molar-refractivity contribution >= 4 is 17.4 Å². The van der Waals surface area contributed by atoms with Gasteiger partial charge in [0.1, 0.15) is 5.82 Å². The molecule has 0 aliphatic carbocycles. The summed E-state index contributed by atoms with van der Waals surface area (Å²) >= 11 is 0. The third kappa shape index (κ3) is 2.72. The number of nitrogens with one attached hydrogen (secondary N) is 1. The molecule has 2 aromatic rings. The lowest BCUT2D eigenvalue weighted by Crippen LogP contribution is -2.04. The molecule has 0 saturated carbocycles. The number of fused-ring (bicyclic) bond motifs is 1. The van der Waals surface area contributed by atoms with Gasteiger partial charge in [-0.1, -0.05) is 6.92 Å². The molecule has 0 unspecified atom stereocenters. The zero-order chi connectivity index (χ0) is 12.3. The Morgan fingerprint density at radius 1 is 1.53 bits per heavy atom. The Bertz CT molecular complexity index is 535. The summed E-state index contributed by atoms with van der Waals surface area (Å²) in [5.41, 5.74) is 1.17. The van der Waals surface area contributed by atoms with E-state index in [1.807, 2.05) is 12.1 Å². The summed E-state index contributed by atoms with van der Waals surface area (Å²) in [7, 11) is 0. The Morgan fingerprint density at radius 3 is 3.06 bits per heavy atom. The molecule has 0 aromatic carbocycles. The van der Waals surface area contributed by atoms with Crippen LogP contribution in [-0.4, -0.2) is 32.2 Å². The molecule has 0 bridgehead atoms. The number of carboxylic acid groups (broad SMARTS) is 1. The van der Waals surface area contributed by atoms with Gasteiger partial charge in [0.05, 0.1) is 18.3 Å². The van der Waals surface area contributed by atoms with Gasteiger partial charge in [0.15, 0.2) is 5.65 Å². The van der Waals surface area contributed by atoms with E-state index in [1.165, 1.54) is 0 Å². The molecule has 6 heteroatoms. The second kappa shape index (κ2) is 4.82. The highest BCUT2D eigenvalue weighted by atomic mass is 16.4. The Hall–Kier alpha value is -2.11. The maximum Gasteiger partial charge on any atom is 0.309 e. The lowest BCUT2D eigenvalue weighted by Gasteiger charge is -2.02. The van der Waals surface area contributed by atoms with E-state index in [2.05, 4.69) is 22.3 Å². The van der Waals surface area contributed by atoms with Gasteiger partial charge in [-0.25, -0.2) is 9.50 Å². The van der Waals surface area contributed by atoms with Crippen molar-refractivity contribution in [1.29, 1.82) is 0 Å². The first-order valence-electron chi connectivity index (χ1n) is 5.50. The topological polar surface area (TPSA) is 79.5 Å². The van der Waals surface area contributed by atoms with Gasteiger partial charge in [0.2, 0.25) is 0 Å². The van der Waals surface area contributed by atoms with E-state index < -0.39 is 5.97 Å². The molecule has 2 heterocycles. The molecular formula is C11H14N4O2. The van der Waals surface area contributed by atoms with Crippen LogP contribution in [0.5, 0.6) is 0 Å². The van der Waals surface area contributed by atoms with Crippen molar-refractivity contribution in [1.82, 2.24) is 14.6 Å². The highest BCUT2D eigenvalue weighted by molar-refractivity contribution is 5.69. The molecule has 0 fully saturated rings. The molecule has 90 valence electrons. The number of carboxylic acids is 1. The first-order chi connectivity index (χ1) is 8.19. The lowest BCUT2D eigenvalue weighted by atomic mass is 10.3. The average molecular weight is 234 g/mol. The SMILES string of the molecule is CCCNc1ccc2nc(CC(=O)O)cn2n1. The maximum absolute atomic E-state index is 10.6. The van der Waals surface area contributed by atoms with Crippen LogP contribution < -0.4 is 5.32 Å². The van der Waals surface area contributed by atoms with Gasteiger partial charge >= 0.3 is 5.97 Å². The fourth-order valence-electron chi connectivity index (χ4n) is 1.52. The number of hydrogen-bond donors (Lipinski definition) is 2. The summed E-state index contributed by atoms with van der Waals surface area (Å²) < 4.78 is 1.59. The molecule has 0 spiro atoms. The molecule has 6 nitrogen and oxygen atoms in total. The van der Waals surface area contributed by atoms with Crippen LogP contribution in [0.1, 0.15) is 19.0 Å². The smallest absolute Gasteiger partial charge is 0.309 e. The van der Waals surface area contributed by atoms with Crippen LogP contribution >= 0.6 is 0 Å². The third-order valence-corrected chi connectivity index (χ3v) is 2.26. The predicted octanol–water partition coefficient (Wildman–Crippen LogP) is 1.18. The summed E-state index contributed by atoms with van der Waals surface area (Å²) in [6, 6.07) is 3.65. The van der Waals surface area contributed by atoms with Crippen molar-refractivity contribution in [2.75, 3.05) is 11.9 Å². The largest absolute Gasteiger partial charge is 0.481 e. The van der Waals surface area contributed by atoms with Crippen molar-refractivity contribution in [2.45, 2.75) is 19.8 Å². The Morgan fingerprint density at radius 2 is 2.35 bits per heavy atom. The van der Waals surface area contributed by atoms with E-state index in [4.69, 9.17) is 5.11 Å². The first-order valence-corrected chi connectivity index (χ1v) is 5.50. The van der Waals surface area contributed by atoms with Crippen LogP contribution in [0.3, 0.4) is 0 Å². The quantitative estimate of drug-likeness (QED) is 0.812. The van der Waals surface area contributed by atoms with E-state index in [0.29, 0.717) is 11.3 Å². The Kier molecular flexibility index (Phi) is 3.22. The highest BCUT2D eigenvalue weighted by Gasteiger charge is 2.06. The number of hydrogen-bond acceptors (Lipinski definition) is 4. The van der Waals surface area contributed by atoms with Gasteiger partial charge in [-0.05, 0) is 18.6 Å². The first kappa shape index (κ1) is 11.4. The van der Waals surface area contributed by atoms with Gasteiger partial charge in [-0.3, -0.25) is 4.79 Å². The van der Waals surface area contributed by atoms with Crippen LogP contribution in [0.25, 0.3) is 5.65 Å². The molecule has 0 radical (unpaired) electrons. The van der Waals surface area contributed by atoms with Crippen molar-refractivity contribution in [3.8, 4) is 0 Å². The van der Waals surface area contributed by atoms with Crippen molar-refractivity contribution in [3.05, 3.63) is 24.0 Å². The number of nitrogens with zero attached hydrogens (tertiary/aromatic N) is 3. The van der Waals surface area contributed by atoms with Gasteiger partial charge in [0, 0.05) is 6.54 Å². The summed E-state index contributed by atoms with van der Waals surface area (Å²) in [4.78, 5) is 14.7. The second-order valence-corrected chi connectivity index (χ2v) is 3.75. The molecule has 0 saturated heterocycles.